The predicted octanol–water partition coefficient (Wildman–Crippen LogP) is 3.38. The van der Waals surface area contributed by atoms with Gasteiger partial charge in [0.05, 0.1) is 18.0 Å². The van der Waals surface area contributed by atoms with Crippen LogP contribution in [-0.2, 0) is 10.0 Å². The van der Waals surface area contributed by atoms with E-state index in [1.165, 1.54) is 10.4 Å². The zero-order valence-electron chi connectivity index (χ0n) is 18.3. The molecular formula is C23H30N2O5S. The maximum absolute atomic E-state index is 13.1. The highest BCUT2D eigenvalue weighted by Gasteiger charge is 2.28. The summed E-state index contributed by atoms with van der Waals surface area (Å²) in [5, 5.41) is 2.87. The molecule has 1 amide bonds. The molecule has 1 N–H and O–H groups in total. The molecular weight excluding hydrogens is 416 g/mol. The number of nitrogens with one attached hydrogen (secondary N) is 1. The van der Waals surface area contributed by atoms with Crippen LogP contribution in [0.5, 0.6) is 11.5 Å². The molecule has 0 radical (unpaired) electrons. The molecule has 2 aromatic carbocycles. The molecule has 2 aromatic rings. The van der Waals surface area contributed by atoms with Crippen molar-refractivity contribution in [3.05, 3.63) is 53.6 Å². The van der Waals surface area contributed by atoms with Crippen molar-refractivity contribution in [1.29, 1.82) is 0 Å². The summed E-state index contributed by atoms with van der Waals surface area (Å²) in [6.45, 7) is 4.92. The number of rotatable bonds is 8. The summed E-state index contributed by atoms with van der Waals surface area (Å²) in [6.07, 6.45) is 2.78. The van der Waals surface area contributed by atoms with E-state index in [1.807, 2.05) is 6.92 Å². The Balaban J connectivity index is 1.65. The second-order valence-corrected chi connectivity index (χ2v) is 9.71. The molecule has 1 fully saturated rings. The second-order valence-electron chi connectivity index (χ2n) is 7.81. The fourth-order valence-electron chi connectivity index (χ4n) is 3.51. The van der Waals surface area contributed by atoms with E-state index in [4.69, 9.17) is 9.47 Å². The van der Waals surface area contributed by atoms with E-state index in [0.29, 0.717) is 30.0 Å². The first-order chi connectivity index (χ1) is 14.8. The van der Waals surface area contributed by atoms with Crippen LogP contribution in [0.25, 0.3) is 0 Å². The van der Waals surface area contributed by atoms with Gasteiger partial charge in [-0.25, -0.2) is 8.42 Å². The second kappa shape index (κ2) is 10.2. The Kier molecular flexibility index (Phi) is 7.56. The van der Waals surface area contributed by atoms with Gasteiger partial charge in [0.15, 0.2) is 0 Å². The minimum atomic E-state index is -3.61. The summed E-state index contributed by atoms with van der Waals surface area (Å²) < 4.78 is 38.5. The third-order valence-corrected chi connectivity index (χ3v) is 7.36. The highest BCUT2D eigenvalue weighted by Crippen LogP contribution is 2.24. The number of nitrogens with zero attached hydrogens (tertiary/aromatic N) is 1. The summed E-state index contributed by atoms with van der Waals surface area (Å²) in [6, 6.07) is 11.7. The number of benzene rings is 2. The van der Waals surface area contributed by atoms with E-state index in [9.17, 15) is 13.2 Å². The summed E-state index contributed by atoms with van der Waals surface area (Å²) in [7, 11) is -2.01. The predicted molar refractivity (Wildman–Crippen MR) is 119 cm³/mol. The third-order valence-electron chi connectivity index (χ3n) is 5.32. The van der Waals surface area contributed by atoms with Gasteiger partial charge in [-0.15, -0.1) is 0 Å². The van der Waals surface area contributed by atoms with Gasteiger partial charge in [-0.3, -0.25) is 4.79 Å². The van der Waals surface area contributed by atoms with Crippen molar-refractivity contribution >= 4 is 15.9 Å². The quantitative estimate of drug-likeness (QED) is 0.672. The normalized spacial score (nSPS) is 15.8. The van der Waals surface area contributed by atoms with Gasteiger partial charge in [-0.1, -0.05) is 12.5 Å². The largest absolute Gasteiger partial charge is 0.497 e. The highest BCUT2D eigenvalue weighted by molar-refractivity contribution is 7.89. The number of aryl methyl sites for hydroxylation is 1. The van der Waals surface area contributed by atoms with Crippen LogP contribution in [0.4, 0.5) is 0 Å². The molecule has 1 unspecified atom stereocenters. The van der Waals surface area contributed by atoms with Crippen molar-refractivity contribution in [1.82, 2.24) is 9.62 Å². The van der Waals surface area contributed by atoms with Crippen LogP contribution in [0.15, 0.2) is 47.4 Å². The number of hydrogen-bond acceptors (Lipinski definition) is 5. The van der Waals surface area contributed by atoms with Crippen molar-refractivity contribution in [3.63, 3.8) is 0 Å². The molecule has 3 rings (SSSR count). The van der Waals surface area contributed by atoms with E-state index < -0.39 is 10.0 Å². The first-order valence-electron chi connectivity index (χ1n) is 10.5. The lowest BCUT2D eigenvalue weighted by atomic mass is 10.1. The lowest BCUT2D eigenvalue weighted by Crippen LogP contribution is -2.37. The van der Waals surface area contributed by atoms with E-state index in [0.717, 1.165) is 25.0 Å². The van der Waals surface area contributed by atoms with Gasteiger partial charge in [0.1, 0.15) is 18.1 Å². The number of piperidine rings is 1. The Morgan fingerprint density at radius 2 is 1.71 bits per heavy atom. The van der Waals surface area contributed by atoms with Crippen LogP contribution in [0, 0.1) is 6.92 Å². The standard InChI is InChI=1S/C23H30N2O5S/c1-17-7-8-19(15-22(17)31(27,28)25-13-5-4-6-14-25)23(26)24-18(2)16-30-21-11-9-20(29-3)10-12-21/h7-12,15,18H,4-6,13-14,16H2,1-3H3,(H,24,26). The molecule has 0 aromatic heterocycles. The van der Waals surface area contributed by atoms with Gasteiger partial charge < -0.3 is 14.8 Å². The van der Waals surface area contributed by atoms with Gasteiger partial charge in [-0.05, 0) is 68.7 Å². The van der Waals surface area contributed by atoms with E-state index in [2.05, 4.69) is 5.32 Å². The summed E-state index contributed by atoms with van der Waals surface area (Å²) in [4.78, 5) is 12.9. The average molecular weight is 447 g/mol. The zero-order valence-corrected chi connectivity index (χ0v) is 19.1. The number of carbonyl (C=O) groups is 1. The monoisotopic (exact) mass is 446 g/mol. The Bertz CT molecular complexity index is 999. The van der Waals surface area contributed by atoms with Crippen LogP contribution in [0.1, 0.15) is 42.1 Å². The molecule has 31 heavy (non-hydrogen) atoms. The van der Waals surface area contributed by atoms with Gasteiger partial charge >= 0.3 is 0 Å². The molecule has 0 saturated carbocycles. The molecule has 168 valence electrons. The molecule has 1 atom stereocenters. The molecule has 0 spiro atoms. The first-order valence-corrected chi connectivity index (χ1v) is 11.9. The van der Waals surface area contributed by atoms with Crippen LogP contribution < -0.4 is 14.8 Å². The van der Waals surface area contributed by atoms with Crippen LogP contribution >= 0.6 is 0 Å². The lowest BCUT2D eigenvalue weighted by molar-refractivity contribution is 0.0926. The van der Waals surface area contributed by atoms with Gasteiger partial charge in [0, 0.05) is 18.7 Å². The van der Waals surface area contributed by atoms with E-state index in [-0.39, 0.29) is 23.5 Å². The third kappa shape index (κ3) is 5.77. The first kappa shape index (κ1) is 23.1. The van der Waals surface area contributed by atoms with Crippen molar-refractivity contribution in [2.45, 2.75) is 44.0 Å². The Labute approximate surface area is 184 Å². The molecule has 1 aliphatic rings. The lowest BCUT2D eigenvalue weighted by Gasteiger charge is -2.26. The summed E-state index contributed by atoms with van der Waals surface area (Å²) in [5.41, 5.74) is 0.954. The molecule has 7 nitrogen and oxygen atoms in total. The number of ether oxygens (including phenoxy) is 2. The van der Waals surface area contributed by atoms with Crippen molar-refractivity contribution in [2.75, 3.05) is 26.8 Å². The summed E-state index contributed by atoms with van der Waals surface area (Å²) in [5.74, 6) is 1.08. The number of hydrogen-bond donors (Lipinski definition) is 1. The van der Waals surface area contributed by atoms with Crippen molar-refractivity contribution in [3.8, 4) is 11.5 Å². The maximum atomic E-state index is 13.1. The van der Waals surface area contributed by atoms with Crippen LogP contribution in [-0.4, -0.2) is 51.5 Å². The van der Waals surface area contributed by atoms with Crippen molar-refractivity contribution < 1.29 is 22.7 Å². The van der Waals surface area contributed by atoms with Crippen LogP contribution in [0.3, 0.4) is 0 Å². The molecule has 0 aliphatic carbocycles. The van der Waals surface area contributed by atoms with E-state index in [1.54, 1.807) is 50.4 Å². The minimum Gasteiger partial charge on any atom is -0.497 e. The maximum Gasteiger partial charge on any atom is 0.251 e. The Morgan fingerprint density at radius 1 is 1.06 bits per heavy atom. The Hall–Kier alpha value is -2.58. The van der Waals surface area contributed by atoms with Gasteiger partial charge in [-0.2, -0.15) is 4.31 Å². The number of carbonyl (C=O) groups excluding carboxylic acids is 1. The Morgan fingerprint density at radius 3 is 2.35 bits per heavy atom. The van der Waals surface area contributed by atoms with Gasteiger partial charge in [0.25, 0.3) is 5.91 Å². The number of amides is 1. The van der Waals surface area contributed by atoms with E-state index >= 15 is 0 Å². The zero-order chi connectivity index (χ0) is 22.4. The molecule has 8 heteroatoms. The molecule has 1 aliphatic heterocycles. The number of methoxy groups -OCH3 is 1. The fraction of sp³-hybridized carbons (Fsp3) is 0.435. The van der Waals surface area contributed by atoms with Gasteiger partial charge in [0.2, 0.25) is 10.0 Å². The molecule has 1 saturated heterocycles. The topological polar surface area (TPSA) is 84.9 Å². The molecule has 0 bridgehead atoms. The smallest absolute Gasteiger partial charge is 0.251 e. The number of sulfonamides is 1. The molecule has 1 heterocycles. The average Bonchev–Trinajstić information content (AvgIpc) is 2.78. The summed E-state index contributed by atoms with van der Waals surface area (Å²) >= 11 is 0. The highest BCUT2D eigenvalue weighted by atomic mass is 32.2. The van der Waals surface area contributed by atoms with Crippen molar-refractivity contribution in [2.24, 2.45) is 0 Å². The SMILES string of the molecule is COc1ccc(OCC(C)NC(=O)c2ccc(C)c(S(=O)(=O)N3CCCCC3)c2)cc1. The minimum absolute atomic E-state index is 0.198. The van der Waals surface area contributed by atoms with Crippen LogP contribution in [0.2, 0.25) is 0 Å². The fourth-order valence-corrected chi connectivity index (χ4v) is 5.27.